The Bertz CT molecular complexity index is 1410. The molecule has 12 nitrogen and oxygen atoms in total. The van der Waals surface area contributed by atoms with Gasteiger partial charge in [0.25, 0.3) is 0 Å². The SMILES string of the molecule is CCCCCCCCCC/C=C/C(O)C(COC1OC(CO)C(O)C(OS(=O)(=O)O)C1O)NC(=O)CCCCCCCCCCCCCCCCCCC/C=C\C/C=C\CCCCCCCCCCCCC. The van der Waals surface area contributed by atoms with Crippen molar-refractivity contribution in [2.24, 2.45) is 0 Å². The summed E-state index contributed by atoms with van der Waals surface area (Å²) in [5, 5.41) is 44.8. The highest BCUT2D eigenvalue weighted by Crippen LogP contribution is 2.26. The van der Waals surface area contributed by atoms with Crippen molar-refractivity contribution in [1.29, 1.82) is 0 Å². The highest BCUT2D eigenvalue weighted by atomic mass is 32.3. The molecule has 1 aliphatic heterocycles. The van der Waals surface area contributed by atoms with Crippen LogP contribution in [0.25, 0.3) is 0 Å². The molecule has 6 N–H and O–H groups in total. The summed E-state index contributed by atoms with van der Waals surface area (Å²) in [4.78, 5) is 13.1. The van der Waals surface area contributed by atoms with Gasteiger partial charge in [-0.2, -0.15) is 8.42 Å². The second-order valence-electron chi connectivity index (χ2n) is 20.9. The first-order valence-corrected chi connectivity index (χ1v) is 31.2. The van der Waals surface area contributed by atoms with E-state index in [1.165, 1.54) is 205 Å². The van der Waals surface area contributed by atoms with E-state index in [0.29, 0.717) is 6.42 Å². The van der Waals surface area contributed by atoms with Crippen LogP contribution < -0.4 is 5.32 Å². The van der Waals surface area contributed by atoms with Crippen LogP contribution in [-0.2, 0) is 28.9 Å². The predicted octanol–water partition coefficient (Wildman–Crippen LogP) is 14.2. The maximum Gasteiger partial charge on any atom is 0.397 e. The molecule has 0 aromatic carbocycles. The molecule has 1 fully saturated rings. The van der Waals surface area contributed by atoms with Gasteiger partial charge >= 0.3 is 10.4 Å². The van der Waals surface area contributed by atoms with E-state index in [1.54, 1.807) is 6.08 Å². The van der Waals surface area contributed by atoms with Gasteiger partial charge in [0.15, 0.2) is 6.29 Å². The van der Waals surface area contributed by atoms with Crippen molar-refractivity contribution in [1.82, 2.24) is 5.32 Å². The zero-order chi connectivity index (χ0) is 52.6. The van der Waals surface area contributed by atoms with E-state index in [4.69, 9.17) is 9.47 Å². The Kier molecular flexibility index (Phi) is 46.4. The van der Waals surface area contributed by atoms with Gasteiger partial charge in [-0.15, -0.1) is 0 Å². The van der Waals surface area contributed by atoms with E-state index in [1.807, 2.05) is 6.08 Å². The standard InChI is InChI=1S/C59H111NO11S/c1-3-5-7-9-11-13-15-16-17-18-19-20-21-22-23-24-25-26-27-28-29-30-31-32-33-34-35-36-37-38-39-41-43-45-47-49-55(63)60-52(53(62)48-46-44-42-40-14-12-10-8-6-4-2)51-69-59-57(65)58(71-72(66,67)68)56(64)54(50-61)70-59/h21-22,24-25,46,48,52-54,56-59,61-62,64-65H,3-20,23,26-45,47,49-51H2,1-2H3,(H,60,63)(H,66,67,68)/b22-21-,25-24-,48-46+. The van der Waals surface area contributed by atoms with Crippen molar-refractivity contribution in [3.63, 3.8) is 0 Å². The smallest absolute Gasteiger partial charge is 0.394 e. The number of amides is 1. The summed E-state index contributed by atoms with van der Waals surface area (Å²) >= 11 is 0. The molecule has 13 heteroatoms. The van der Waals surface area contributed by atoms with Crippen molar-refractivity contribution in [2.45, 2.75) is 320 Å². The normalized spacial score (nSPS) is 19.6. The number of unbranched alkanes of at least 4 members (excludes halogenated alkanes) is 36. The molecule has 7 unspecified atom stereocenters. The summed E-state index contributed by atoms with van der Waals surface area (Å²) < 4.78 is 47.7. The Morgan fingerprint density at radius 3 is 1.32 bits per heavy atom. The Morgan fingerprint density at radius 1 is 0.556 bits per heavy atom. The molecule has 0 aromatic rings. The number of hydrogen-bond donors (Lipinski definition) is 6. The van der Waals surface area contributed by atoms with Gasteiger partial charge in [0.05, 0.1) is 25.4 Å². The fourth-order valence-corrected chi connectivity index (χ4v) is 10.1. The molecule has 7 atom stereocenters. The van der Waals surface area contributed by atoms with Crippen LogP contribution in [0.15, 0.2) is 36.5 Å². The molecule has 0 spiro atoms. The molecule has 1 saturated heterocycles. The molecule has 1 rings (SSSR count). The maximum absolute atomic E-state index is 13.1. The Balaban J connectivity index is 2.17. The minimum absolute atomic E-state index is 0.262. The number of aliphatic hydroxyl groups is 4. The average Bonchev–Trinajstić information content (AvgIpc) is 3.36. The average molecular weight is 1040 g/mol. The van der Waals surface area contributed by atoms with Crippen LogP contribution in [-0.4, -0.2) is 95.4 Å². The van der Waals surface area contributed by atoms with E-state index in [2.05, 4.69) is 47.7 Å². The molecule has 1 aliphatic rings. The minimum atomic E-state index is -5.09. The molecule has 72 heavy (non-hydrogen) atoms. The van der Waals surface area contributed by atoms with E-state index in [9.17, 15) is 38.2 Å². The molecule has 0 aliphatic carbocycles. The van der Waals surface area contributed by atoms with Gasteiger partial charge in [-0.1, -0.05) is 256 Å². The number of hydrogen-bond acceptors (Lipinski definition) is 10. The van der Waals surface area contributed by atoms with Crippen molar-refractivity contribution in [3.8, 4) is 0 Å². The van der Waals surface area contributed by atoms with Crippen molar-refractivity contribution in [2.75, 3.05) is 13.2 Å². The topological polar surface area (TPSA) is 192 Å². The molecule has 1 heterocycles. The molecular weight excluding hydrogens is 931 g/mol. The Hall–Kier alpha value is -1.68. The number of rotatable bonds is 52. The lowest BCUT2D eigenvalue weighted by Gasteiger charge is -2.41. The summed E-state index contributed by atoms with van der Waals surface area (Å²) in [6, 6.07) is -0.942. The van der Waals surface area contributed by atoms with Crippen LogP contribution in [0.3, 0.4) is 0 Å². The lowest BCUT2D eigenvalue weighted by Crippen LogP contribution is -2.61. The monoisotopic (exact) mass is 1040 g/mol. The van der Waals surface area contributed by atoms with Crippen LogP contribution in [0, 0.1) is 0 Å². The minimum Gasteiger partial charge on any atom is -0.394 e. The third-order valence-electron chi connectivity index (χ3n) is 14.2. The van der Waals surface area contributed by atoms with Gasteiger partial charge in [-0.3, -0.25) is 9.35 Å². The molecule has 0 bridgehead atoms. The van der Waals surface area contributed by atoms with Gasteiger partial charge in [-0.25, -0.2) is 4.18 Å². The number of carbonyl (C=O) groups excluding carboxylic acids is 1. The largest absolute Gasteiger partial charge is 0.397 e. The van der Waals surface area contributed by atoms with Gasteiger partial charge in [0, 0.05) is 6.42 Å². The summed E-state index contributed by atoms with van der Waals surface area (Å²) in [6.45, 7) is 3.38. The third kappa shape index (κ3) is 40.6. The lowest BCUT2D eigenvalue weighted by molar-refractivity contribution is -0.298. The zero-order valence-electron chi connectivity index (χ0n) is 46.0. The van der Waals surface area contributed by atoms with Gasteiger partial charge in [0.2, 0.25) is 5.91 Å². The first-order valence-electron chi connectivity index (χ1n) is 29.9. The van der Waals surface area contributed by atoms with Crippen LogP contribution in [0.5, 0.6) is 0 Å². The third-order valence-corrected chi connectivity index (χ3v) is 14.6. The first kappa shape index (κ1) is 68.3. The summed E-state index contributed by atoms with van der Waals surface area (Å²) in [7, 11) is -5.09. The molecule has 0 radical (unpaired) electrons. The van der Waals surface area contributed by atoms with E-state index >= 15 is 0 Å². The van der Waals surface area contributed by atoms with E-state index < -0.39 is 59.9 Å². The van der Waals surface area contributed by atoms with Gasteiger partial charge in [0.1, 0.15) is 24.4 Å². The summed E-state index contributed by atoms with van der Waals surface area (Å²) in [5.41, 5.74) is 0. The molecule has 1 amide bonds. The predicted molar refractivity (Wildman–Crippen MR) is 296 cm³/mol. The molecular formula is C59H111NO11S. The second kappa shape index (κ2) is 48.9. The van der Waals surface area contributed by atoms with Crippen LogP contribution in [0.4, 0.5) is 0 Å². The van der Waals surface area contributed by atoms with Crippen molar-refractivity contribution >= 4 is 16.3 Å². The van der Waals surface area contributed by atoms with Crippen LogP contribution in [0.1, 0.15) is 277 Å². The number of carbonyl (C=O) groups is 1. The highest BCUT2D eigenvalue weighted by Gasteiger charge is 2.48. The van der Waals surface area contributed by atoms with Crippen molar-refractivity contribution < 1.29 is 51.8 Å². The number of aliphatic hydroxyl groups excluding tert-OH is 4. The quantitative estimate of drug-likeness (QED) is 0.0193. The highest BCUT2D eigenvalue weighted by molar-refractivity contribution is 7.80. The Labute approximate surface area is 441 Å². The lowest BCUT2D eigenvalue weighted by atomic mass is 9.99. The number of nitrogens with one attached hydrogen (secondary N) is 1. The second-order valence-corrected chi connectivity index (χ2v) is 22.0. The van der Waals surface area contributed by atoms with Gasteiger partial charge in [-0.05, 0) is 51.4 Å². The first-order chi connectivity index (χ1) is 35.0. The zero-order valence-corrected chi connectivity index (χ0v) is 46.8. The molecule has 424 valence electrons. The summed E-state index contributed by atoms with van der Waals surface area (Å²) in [6.07, 6.45) is 53.8. The van der Waals surface area contributed by atoms with Crippen LogP contribution >= 0.6 is 0 Å². The number of ether oxygens (including phenoxy) is 2. The Morgan fingerprint density at radius 2 is 0.931 bits per heavy atom. The molecule has 0 saturated carbocycles. The fraction of sp³-hybridized carbons (Fsp3) is 0.881. The fourth-order valence-electron chi connectivity index (χ4n) is 9.55. The van der Waals surface area contributed by atoms with E-state index in [0.717, 1.165) is 44.9 Å². The number of allylic oxidation sites excluding steroid dienone is 5. The van der Waals surface area contributed by atoms with E-state index in [-0.39, 0.29) is 18.9 Å². The molecule has 0 aromatic heterocycles. The maximum atomic E-state index is 13.1. The van der Waals surface area contributed by atoms with Crippen molar-refractivity contribution in [3.05, 3.63) is 36.5 Å². The summed E-state index contributed by atoms with van der Waals surface area (Å²) in [5.74, 6) is -0.262. The van der Waals surface area contributed by atoms with Gasteiger partial charge < -0.3 is 35.2 Å². The van der Waals surface area contributed by atoms with Crippen LogP contribution in [0.2, 0.25) is 0 Å².